The number of nitrogens with one attached hydrogen (secondary N) is 3. The van der Waals surface area contributed by atoms with Crippen molar-refractivity contribution in [3.8, 4) is 0 Å². The molecule has 2 unspecified atom stereocenters. The van der Waals surface area contributed by atoms with E-state index in [1.807, 2.05) is 24.3 Å². The Morgan fingerprint density at radius 2 is 1.95 bits per heavy atom. The number of benzene rings is 2. The molecule has 4 aliphatic rings. The molecule has 4 aliphatic heterocycles. The molecule has 6 rings (SSSR count). The van der Waals surface area contributed by atoms with Gasteiger partial charge >= 0.3 is 0 Å². The van der Waals surface area contributed by atoms with Gasteiger partial charge < -0.3 is 25.2 Å². The van der Waals surface area contributed by atoms with Crippen LogP contribution < -0.4 is 16.1 Å². The molecular formula is C28H32ClN7O2S. The topological polar surface area (TPSA) is 94.2 Å². The fraction of sp³-hybridized carbons (Fsp3) is 0.357. The first kappa shape index (κ1) is 26.1. The lowest BCUT2D eigenvalue weighted by Gasteiger charge is -2.47. The SMILES string of the molecule is CC1=CC2(NC3=NC(Sc4ccc(NC(=O)c5ccccc5Cl)cc4)N(C)C(N4CC(OC(C)C)C4)=C3)NN12. The maximum atomic E-state index is 12.6. The van der Waals surface area contributed by atoms with Crippen LogP contribution in [-0.4, -0.2) is 70.2 Å². The Morgan fingerprint density at radius 1 is 1.21 bits per heavy atom. The number of thioether (sulfide) groups is 1. The van der Waals surface area contributed by atoms with E-state index in [-0.39, 0.29) is 29.4 Å². The normalized spacial score (nSPS) is 23.8. The molecule has 39 heavy (non-hydrogen) atoms. The van der Waals surface area contributed by atoms with Crippen LogP contribution in [-0.2, 0) is 4.74 Å². The highest BCUT2D eigenvalue weighted by atomic mass is 35.5. The largest absolute Gasteiger partial charge is 0.372 e. The highest BCUT2D eigenvalue weighted by molar-refractivity contribution is 7.99. The number of rotatable bonds is 8. The zero-order valence-electron chi connectivity index (χ0n) is 22.3. The molecule has 3 N–H and O–H groups in total. The summed E-state index contributed by atoms with van der Waals surface area (Å²) in [6, 6.07) is 14.8. The van der Waals surface area contributed by atoms with Crippen molar-refractivity contribution in [1.29, 1.82) is 0 Å². The van der Waals surface area contributed by atoms with E-state index in [4.69, 9.17) is 21.3 Å². The number of hydrogen-bond donors (Lipinski definition) is 3. The second-order valence-corrected chi connectivity index (χ2v) is 11.9. The molecule has 2 saturated heterocycles. The molecule has 2 aromatic rings. The van der Waals surface area contributed by atoms with Crippen LogP contribution >= 0.6 is 23.4 Å². The molecule has 0 aromatic heterocycles. The number of amides is 1. The van der Waals surface area contributed by atoms with Gasteiger partial charge in [0.15, 0.2) is 5.50 Å². The van der Waals surface area contributed by atoms with E-state index in [0.717, 1.165) is 29.6 Å². The average molecular weight is 566 g/mol. The first-order valence-electron chi connectivity index (χ1n) is 13.0. The molecule has 4 heterocycles. The molecule has 0 bridgehead atoms. The van der Waals surface area contributed by atoms with Gasteiger partial charge in [-0.3, -0.25) is 9.80 Å². The van der Waals surface area contributed by atoms with Crippen LogP contribution in [0, 0.1) is 0 Å². The third kappa shape index (κ3) is 5.21. The molecule has 204 valence electrons. The van der Waals surface area contributed by atoms with Gasteiger partial charge in [0, 0.05) is 48.6 Å². The zero-order chi connectivity index (χ0) is 27.3. The van der Waals surface area contributed by atoms with E-state index < -0.39 is 0 Å². The zero-order valence-corrected chi connectivity index (χ0v) is 23.9. The summed E-state index contributed by atoms with van der Waals surface area (Å²) in [6.45, 7) is 7.93. The van der Waals surface area contributed by atoms with Gasteiger partial charge in [0.25, 0.3) is 5.91 Å². The lowest BCUT2D eigenvalue weighted by molar-refractivity contribution is -0.0765. The minimum absolute atomic E-state index is 0.171. The highest BCUT2D eigenvalue weighted by Crippen LogP contribution is 2.40. The number of halogens is 1. The smallest absolute Gasteiger partial charge is 0.257 e. The van der Waals surface area contributed by atoms with Gasteiger partial charge in [0.2, 0.25) is 5.79 Å². The summed E-state index contributed by atoms with van der Waals surface area (Å²) in [6.07, 6.45) is 4.74. The van der Waals surface area contributed by atoms with Gasteiger partial charge in [-0.1, -0.05) is 35.5 Å². The predicted octanol–water partition coefficient (Wildman–Crippen LogP) is 4.24. The fourth-order valence-electron chi connectivity index (χ4n) is 4.97. The van der Waals surface area contributed by atoms with E-state index in [2.05, 4.69) is 70.8 Å². The van der Waals surface area contributed by atoms with Gasteiger partial charge in [-0.15, -0.1) is 0 Å². The maximum Gasteiger partial charge on any atom is 0.257 e. The summed E-state index contributed by atoms with van der Waals surface area (Å²) < 4.78 is 5.99. The van der Waals surface area contributed by atoms with Crippen molar-refractivity contribution in [2.75, 3.05) is 25.5 Å². The number of fused-ring (bicyclic) bond motifs is 1. The van der Waals surface area contributed by atoms with Gasteiger partial charge in [0.1, 0.15) is 11.7 Å². The minimum Gasteiger partial charge on any atom is -0.372 e. The van der Waals surface area contributed by atoms with Crippen LogP contribution in [0.4, 0.5) is 5.69 Å². The second-order valence-electron chi connectivity index (χ2n) is 10.4. The van der Waals surface area contributed by atoms with Crippen LogP contribution in [0.1, 0.15) is 31.1 Å². The number of anilines is 1. The van der Waals surface area contributed by atoms with E-state index >= 15 is 0 Å². The van der Waals surface area contributed by atoms with Crippen molar-refractivity contribution in [2.24, 2.45) is 4.99 Å². The van der Waals surface area contributed by atoms with Crippen molar-refractivity contribution in [3.63, 3.8) is 0 Å². The average Bonchev–Trinajstić information content (AvgIpc) is 3.48. The number of hydrogen-bond acceptors (Lipinski definition) is 9. The number of hydrazine groups is 1. The van der Waals surface area contributed by atoms with E-state index in [0.29, 0.717) is 16.3 Å². The quantitative estimate of drug-likeness (QED) is 0.409. The number of allylic oxidation sites excluding steroid dienone is 1. The Kier molecular flexibility index (Phi) is 6.74. The van der Waals surface area contributed by atoms with E-state index in [9.17, 15) is 4.79 Å². The number of amidine groups is 1. The van der Waals surface area contributed by atoms with Crippen LogP contribution in [0.15, 0.2) is 82.1 Å². The number of carbonyl (C=O) groups is 1. The first-order valence-corrected chi connectivity index (χ1v) is 14.3. The van der Waals surface area contributed by atoms with Gasteiger partial charge in [-0.2, -0.15) is 5.43 Å². The summed E-state index contributed by atoms with van der Waals surface area (Å²) in [4.78, 5) is 23.2. The number of carbonyl (C=O) groups excluding carboxylic acids is 1. The van der Waals surface area contributed by atoms with Crippen molar-refractivity contribution in [3.05, 3.63) is 82.8 Å². The summed E-state index contributed by atoms with van der Waals surface area (Å²) >= 11 is 7.83. The summed E-state index contributed by atoms with van der Waals surface area (Å²) in [7, 11) is 2.08. The maximum absolute atomic E-state index is 12.6. The molecule has 11 heteroatoms. The van der Waals surface area contributed by atoms with Gasteiger partial charge in [0.05, 0.1) is 22.8 Å². The molecule has 2 fully saturated rings. The first-order chi connectivity index (χ1) is 18.7. The Labute approximate surface area is 237 Å². The van der Waals surface area contributed by atoms with E-state index in [1.165, 1.54) is 5.70 Å². The fourth-order valence-corrected chi connectivity index (χ4v) is 6.16. The van der Waals surface area contributed by atoms with Gasteiger partial charge in [-0.05, 0) is 57.2 Å². The summed E-state index contributed by atoms with van der Waals surface area (Å²) in [5.41, 5.74) is 5.53. The highest BCUT2D eigenvalue weighted by Gasteiger charge is 2.59. The Balaban J connectivity index is 1.15. The van der Waals surface area contributed by atoms with Crippen LogP contribution in [0.2, 0.25) is 5.02 Å². The Bertz CT molecular complexity index is 1370. The van der Waals surface area contributed by atoms with Crippen molar-refractivity contribution < 1.29 is 9.53 Å². The molecule has 9 nitrogen and oxygen atoms in total. The third-order valence-electron chi connectivity index (χ3n) is 6.99. The summed E-state index contributed by atoms with van der Waals surface area (Å²) in [5.74, 6) is 1.38. The second kappa shape index (κ2) is 10.1. The molecule has 0 aliphatic carbocycles. The lowest BCUT2D eigenvalue weighted by Crippen LogP contribution is -2.56. The van der Waals surface area contributed by atoms with Crippen LogP contribution in [0.25, 0.3) is 0 Å². The van der Waals surface area contributed by atoms with Crippen LogP contribution in [0.3, 0.4) is 0 Å². The number of ether oxygens (including phenoxy) is 1. The minimum atomic E-state index is -0.324. The summed E-state index contributed by atoms with van der Waals surface area (Å²) in [5, 5.41) is 9.00. The molecular weight excluding hydrogens is 534 g/mol. The molecule has 2 atom stereocenters. The monoisotopic (exact) mass is 565 g/mol. The van der Waals surface area contributed by atoms with Crippen molar-refractivity contribution >= 4 is 40.8 Å². The number of likely N-dealkylation sites (tertiary alicyclic amines) is 1. The molecule has 0 saturated carbocycles. The molecule has 2 aromatic carbocycles. The van der Waals surface area contributed by atoms with Crippen LogP contribution in [0.5, 0.6) is 0 Å². The van der Waals surface area contributed by atoms with Crippen molar-refractivity contribution in [2.45, 2.75) is 49.2 Å². The molecule has 0 radical (unpaired) electrons. The third-order valence-corrected chi connectivity index (χ3v) is 8.50. The number of aliphatic imine (C=N–C) groups is 1. The standard InChI is InChI=1S/C28H32ClN7O2S/c1-17(2)38-20-15-35(16-20)25-13-24(32-28-14-18(3)36(28)33-28)31-27(34(25)4)39-21-11-9-19(10-12-21)30-26(37)22-7-5-6-8-23(22)29/h5-14,17,20,27,33H,15-16H2,1-4H3,(H,30,37)(H,31,32). The molecule has 0 spiro atoms. The van der Waals surface area contributed by atoms with Crippen molar-refractivity contribution in [1.82, 2.24) is 25.6 Å². The number of nitrogens with zero attached hydrogens (tertiary/aromatic N) is 4. The predicted molar refractivity (Wildman–Crippen MR) is 155 cm³/mol. The molecule has 1 amide bonds. The van der Waals surface area contributed by atoms with Gasteiger partial charge in [-0.25, -0.2) is 4.99 Å². The lowest BCUT2D eigenvalue weighted by atomic mass is 10.1. The van der Waals surface area contributed by atoms with E-state index in [1.54, 1.807) is 36.0 Å². The Morgan fingerprint density at radius 3 is 2.59 bits per heavy atom. The Hall–Kier alpha value is -3.18.